The van der Waals surface area contributed by atoms with Crippen molar-refractivity contribution in [2.24, 2.45) is 0 Å². The molecule has 2 fully saturated rings. The molecule has 0 aliphatic carbocycles. The SMILES string of the molecule is C[N+]1(CC[N+]2(C)CCCC2)CCCC1. The van der Waals surface area contributed by atoms with Gasteiger partial charge in [0.2, 0.25) is 0 Å². The molecule has 2 rings (SSSR count). The molecule has 0 aromatic rings. The smallest absolute Gasteiger partial charge is 0.128 e. The van der Waals surface area contributed by atoms with Crippen molar-refractivity contribution in [2.45, 2.75) is 25.7 Å². The monoisotopic (exact) mass is 198 g/mol. The first-order valence-corrected chi connectivity index (χ1v) is 6.29. The van der Waals surface area contributed by atoms with Gasteiger partial charge in [0, 0.05) is 25.7 Å². The van der Waals surface area contributed by atoms with Crippen molar-refractivity contribution in [3.05, 3.63) is 0 Å². The van der Waals surface area contributed by atoms with Crippen molar-refractivity contribution >= 4 is 0 Å². The highest BCUT2D eigenvalue weighted by molar-refractivity contribution is 4.55. The van der Waals surface area contributed by atoms with Gasteiger partial charge in [-0.1, -0.05) is 0 Å². The Morgan fingerprint density at radius 3 is 1.21 bits per heavy atom. The molecule has 2 heterocycles. The van der Waals surface area contributed by atoms with Crippen molar-refractivity contribution in [3.8, 4) is 0 Å². The molecule has 0 spiro atoms. The number of nitrogens with zero attached hydrogens (tertiary/aromatic N) is 2. The number of likely N-dealkylation sites (tertiary alicyclic amines) is 2. The van der Waals surface area contributed by atoms with Crippen LogP contribution in [0.15, 0.2) is 0 Å². The second kappa shape index (κ2) is 3.82. The van der Waals surface area contributed by atoms with Crippen molar-refractivity contribution < 1.29 is 8.97 Å². The molecule has 0 N–H and O–H groups in total. The van der Waals surface area contributed by atoms with E-state index >= 15 is 0 Å². The quantitative estimate of drug-likeness (QED) is 0.602. The highest BCUT2D eigenvalue weighted by atomic mass is 15.4. The summed E-state index contributed by atoms with van der Waals surface area (Å²) in [6, 6.07) is 0. The number of hydrogen-bond acceptors (Lipinski definition) is 0. The van der Waals surface area contributed by atoms with Crippen LogP contribution in [-0.2, 0) is 0 Å². The molecule has 0 aromatic carbocycles. The second-order valence-electron chi connectivity index (χ2n) is 5.99. The van der Waals surface area contributed by atoms with Crippen LogP contribution in [0.1, 0.15) is 25.7 Å². The van der Waals surface area contributed by atoms with E-state index in [1.165, 1.54) is 73.9 Å². The molecule has 0 amide bonds. The summed E-state index contributed by atoms with van der Waals surface area (Å²) in [5.74, 6) is 0. The Morgan fingerprint density at radius 1 is 0.643 bits per heavy atom. The van der Waals surface area contributed by atoms with Gasteiger partial charge < -0.3 is 8.97 Å². The molecule has 82 valence electrons. The standard InChI is InChI=1S/C12H26N2/c1-13(7-3-4-8-13)11-12-14(2)9-5-6-10-14/h3-12H2,1-2H3/q+2. The molecule has 0 atom stereocenters. The van der Waals surface area contributed by atoms with Crippen LogP contribution >= 0.6 is 0 Å². The first-order valence-electron chi connectivity index (χ1n) is 6.29. The summed E-state index contributed by atoms with van der Waals surface area (Å²) in [6.07, 6.45) is 5.83. The average molecular weight is 198 g/mol. The first-order chi connectivity index (χ1) is 6.62. The maximum Gasteiger partial charge on any atom is 0.128 e. The Morgan fingerprint density at radius 2 is 0.929 bits per heavy atom. The lowest BCUT2D eigenvalue weighted by Crippen LogP contribution is -2.51. The van der Waals surface area contributed by atoms with Gasteiger partial charge >= 0.3 is 0 Å². The highest BCUT2D eigenvalue weighted by Crippen LogP contribution is 2.20. The van der Waals surface area contributed by atoms with Crippen molar-refractivity contribution in [1.29, 1.82) is 0 Å². The Balaban J connectivity index is 1.80. The molecular weight excluding hydrogens is 172 g/mol. The van der Waals surface area contributed by atoms with E-state index in [1.807, 2.05) is 0 Å². The van der Waals surface area contributed by atoms with Gasteiger partial charge in [-0.15, -0.1) is 0 Å². The van der Waals surface area contributed by atoms with E-state index in [0.29, 0.717) is 0 Å². The van der Waals surface area contributed by atoms with Crippen molar-refractivity contribution in [3.63, 3.8) is 0 Å². The molecule has 2 aliphatic rings. The lowest BCUT2D eigenvalue weighted by atomic mass is 10.3. The average Bonchev–Trinajstić information content (AvgIpc) is 2.74. The molecule has 0 unspecified atom stereocenters. The molecule has 2 saturated heterocycles. The Labute approximate surface area is 88.7 Å². The van der Waals surface area contributed by atoms with E-state index in [1.54, 1.807) is 0 Å². The molecule has 0 radical (unpaired) electrons. The van der Waals surface area contributed by atoms with E-state index in [0.717, 1.165) is 0 Å². The van der Waals surface area contributed by atoms with Gasteiger partial charge in [0.1, 0.15) is 13.1 Å². The van der Waals surface area contributed by atoms with Crippen LogP contribution in [-0.4, -0.2) is 62.3 Å². The van der Waals surface area contributed by atoms with E-state index in [-0.39, 0.29) is 0 Å². The normalized spacial score (nSPS) is 29.6. The van der Waals surface area contributed by atoms with Crippen molar-refractivity contribution in [1.82, 2.24) is 0 Å². The maximum absolute atomic E-state index is 2.45. The fourth-order valence-electron chi connectivity index (χ4n) is 3.13. The summed E-state index contributed by atoms with van der Waals surface area (Å²) in [5.41, 5.74) is 0. The van der Waals surface area contributed by atoms with E-state index in [9.17, 15) is 0 Å². The Bertz CT molecular complexity index is 166. The Kier molecular flexibility index (Phi) is 2.85. The largest absolute Gasteiger partial charge is 0.321 e. The Hall–Kier alpha value is -0.0800. The van der Waals surface area contributed by atoms with Crippen LogP contribution in [0.4, 0.5) is 0 Å². The van der Waals surface area contributed by atoms with Gasteiger partial charge in [-0.05, 0) is 0 Å². The fraction of sp³-hybridized carbons (Fsp3) is 1.00. The number of hydrogen-bond donors (Lipinski definition) is 0. The summed E-state index contributed by atoms with van der Waals surface area (Å²) in [6.45, 7) is 8.55. The minimum absolute atomic E-state index is 1.36. The molecule has 2 nitrogen and oxygen atoms in total. The lowest BCUT2D eigenvalue weighted by molar-refractivity contribution is -0.952. The summed E-state index contributed by atoms with van der Waals surface area (Å²) in [7, 11) is 4.91. The predicted molar refractivity (Wildman–Crippen MR) is 60.0 cm³/mol. The first kappa shape index (κ1) is 10.4. The third-order valence-corrected chi connectivity index (χ3v) is 4.47. The van der Waals surface area contributed by atoms with E-state index in [2.05, 4.69) is 14.1 Å². The zero-order valence-electron chi connectivity index (χ0n) is 9.97. The molecule has 0 bridgehead atoms. The van der Waals surface area contributed by atoms with Gasteiger partial charge in [-0.3, -0.25) is 0 Å². The third kappa shape index (κ3) is 2.29. The second-order valence-corrected chi connectivity index (χ2v) is 5.99. The topological polar surface area (TPSA) is 0 Å². The molecule has 14 heavy (non-hydrogen) atoms. The summed E-state index contributed by atoms with van der Waals surface area (Å²) >= 11 is 0. The number of likely N-dealkylation sites (N-methyl/N-ethyl adjacent to an activating group) is 2. The van der Waals surface area contributed by atoms with E-state index < -0.39 is 0 Å². The van der Waals surface area contributed by atoms with Crippen LogP contribution < -0.4 is 0 Å². The van der Waals surface area contributed by atoms with Gasteiger partial charge in [0.15, 0.2) is 0 Å². The van der Waals surface area contributed by atoms with Crippen LogP contribution in [0.5, 0.6) is 0 Å². The molecular formula is C12H26N2+2. The van der Waals surface area contributed by atoms with Crippen LogP contribution in [0, 0.1) is 0 Å². The maximum atomic E-state index is 2.45. The molecule has 2 aliphatic heterocycles. The zero-order valence-corrected chi connectivity index (χ0v) is 9.97. The van der Waals surface area contributed by atoms with Crippen LogP contribution in [0.25, 0.3) is 0 Å². The van der Waals surface area contributed by atoms with Gasteiger partial charge in [-0.2, -0.15) is 0 Å². The van der Waals surface area contributed by atoms with Gasteiger partial charge in [-0.25, -0.2) is 0 Å². The van der Waals surface area contributed by atoms with E-state index in [4.69, 9.17) is 0 Å². The predicted octanol–water partition coefficient (Wildman–Crippen LogP) is 1.47. The fourth-order valence-corrected chi connectivity index (χ4v) is 3.13. The zero-order chi connectivity index (χ0) is 10.1. The van der Waals surface area contributed by atoms with Crippen molar-refractivity contribution in [2.75, 3.05) is 53.4 Å². The summed E-state index contributed by atoms with van der Waals surface area (Å²) in [4.78, 5) is 0. The molecule has 0 aromatic heterocycles. The third-order valence-electron chi connectivity index (χ3n) is 4.47. The van der Waals surface area contributed by atoms with Gasteiger partial charge in [0.25, 0.3) is 0 Å². The minimum Gasteiger partial charge on any atom is -0.321 e. The van der Waals surface area contributed by atoms with Crippen LogP contribution in [0.2, 0.25) is 0 Å². The minimum atomic E-state index is 1.36. The van der Waals surface area contributed by atoms with Crippen LogP contribution in [0.3, 0.4) is 0 Å². The lowest BCUT2D eigenvalue weighted by Gasteiger charge is -2.35. The summed E-state index contributed by atoms with van der Waals surface area (Å²) < 4.78 is 2.71. The molecule has 0 saturated carbocycles. The van der Waals surface area contributed by atoms with Gasteiger partial charge in [0.05, 0.1) is 40.3 Å². The number of rotatable bonds is 3. The summed E-state index contributed by atoms with van der Waals surface area (Å²) in [5, 5.41) is 0. The number of quaternary nitrogens is 2. The molecule has 2 heteroatoms. The highest BCUT2D eigenvalue weighted by Gasteiger charge is 2.33.